The average molecular weight is 158 g/mol. The molecule has 1 aliphatic rings. The summed E-state index contributed by atoms with van der Waals surface area (Å²) >= 11 is 0. The molecule has 0 aromatic heterocycles. The Morgan fingerprint density at radius 2 is 2.00 bits per heavy atom. The molecule has 0 spiro atoms. The fourth-order valence-corrected chi connectivity index (χ4v) is 1.23. The Hall–Kier alpha value is -0.610. The van der Waals surface area contributed by atoms with Gasteiger partial charge in [0.2, 0.25) is 0 Å². The summed E-state index contributed by atoms with van der Waals surface area (Å²) in [6.07, 6.45) is 1.30. The lowest BCUT2D eigenvalue weighted by atomic mass is 9.81. The summed E-state index contributed by atoms with van der Waals surface area (Å²) in [7, 11) is 0. The van der Waals surface area contributed by atoms with Gasteiger partial charge in [0.05, 0.1) is 5.41 Å². The van der Waals surface area contributed by atoms with Crippen molar-refractivity contribution in [1.29, 1.82) is 0 Å². The van der Waals surface area contributed by atoms with E-state index in [1.165, 1.54) is 0 Å². The number of carboxylic acid groups (broad SMARTS) is 1. The van der Waals surface area contributed by atoms with E-state index in [9.17, 15) is 4.79 Å². The molecule has 1 heterocycles. The Labute approximate surface area is 65.9 Å². The molecule has 4 heteroatoms. The first-order chi connectivity index (χ1) is 5.04. The van der Waals surface area contributed by atoms with E-state index in [1.54, 1.807) is 11.9 Å². The Morgan fingerprint density at radius 1 is 1.55 bits per heavy atom. The Balaban J connectivity index is 2.55. The average Bonchev–Trinajstić information content (AvgIpc) is 1.95. The van der Waals surface area contributed by atoms with Crippen molar-refractivity contribution in [2.75, 3.05) is 13.1 Å². The lowest BCUT2D eigenvalue weighted by Crippen LogP contribution is -2.45. The van der Waals surface area contributed by atoms with Crippen molar-refractivity contribution in [1.82, 2.24) is 5.01 Å². The van der Waals surface area contributed by atoms with Crippen LogP contribution in [0.4, 0.5) is 0 Å². The fourth-order valence-electron chi connectivity index (χ4n) is 1.23. The maximum atomic E-state index is 10.7. The van der Waals surface area contributed by atoms with E-state index in [2.05, 4.69) is 0 Å². The molecule has 1 fully saturated rings. The van der Waals surface area contributed by atoms with Crippen LogP contribution in [-0.4, -0.2) is 29.2 Å². The highest BCUT2D eigenvalue weighted by atomic mass is 16.4. The number of carboxylic acids is 1. The van der Waals surface area contributed by atoms with Crippen molar-refractivity contribution in [3.8, 4) is 0 Å². The fraction of sp³-hybridized carbons (Fsp3) is 0.857. The van der Waals surface area contributed by atoms with Gasteiger partial charge >= 0.3 is 5.97 Å². The number of carbonyl (C=O) groups is 1. The normalized spacial score (nSPS) is 24.9. The summed E-state index contributed by atoms with van der Waals surface area (Å²) in [5, 5.41) is 10.5. The van der Waals surface area contributed by atoms with E-state index in [0.717, 1.165) is 0 Å². The lowest BCUT2D eigenvalue weighted by Gasteiger charge is -2.33. The molecular weight excluding hydrogens is 144 g/mol. The second-order valence-electron chi connectivity index (χ2n) is 3.40. The van der Waals surface area contributed by atoms with Gasteiger partial charge in [-0.15, -0.1) is 0 Å². The molecule has 1 aliphatic heterocycles. The number of piperidine rings is 1. The standard InChI is InChI=1S/C7H14N2O2/c1-7(6(10)11)2-4-9(8)5-3-7/h2-5,8H2,1H3,(H,10,11). The van der Waals surface area contributed by atoms with Gasteiger partial charge in [-0.3, -0.25) is 10.6 Å². The van der Waals surface area contributed by atoms with E-state index < -0.39 is 11.4 Å². The lowest BCUT2D eigenvalue weighted by molar-refractivity contribution is -0.150. The van der Waals surface area contributed by atoms with E-state index in [0.29, 0.717) is 25.9 Å². The molecule has 0 saturated carbocycles. The van der Waals surface area contributed by atoms with Crippen LogP contribution in [0.15, 0.2) is 0 Å². The highest BCUT2D eigenvalue weighted by Gasteiger charge is 2.35. The Bertz CT molecular complexity index is 162. The highest BCUT2D eigenvalue weighted by molar-refractivity contribution is 5.74. The van der Waals surface area contributed by atoms with Gasteiger partial charge in [-0.2, -0.15) is 0 Å². The third-order valence-electron chi connectivity index (χ3n) is 2.42. The van der Waals surface area contributed by atoms with Gasteiger partial charge in [0.1, 0.15) is 0 Å². The molecule has 0 aromatic rings. The smallest absolute Gasteiger partial charge is 0.309 e. The van der Waals surface area contributed by atoms with E-state index in [1.807, 2.05) is 0 Å². The second kappa shape index (κ2) is 2.79. The number of hydrogen-bond acceptors (Lipinski definition) is 3. The molecule has 1 saturated heterocycles. The van der Waals surface area contributed by atoms with Crippen LogP contribution in [0.3, 0.4) is 0 Å². The van der Waals surface area contributed by atoms with Crippen LogP contribution in [0.1, 0.15) is 19.8 Å². The minimum absolute atomic E-state index is 0.546. The summed E-state index contributed by atoms with van der Waals surface area (Å²) in [4.78, 5) is 10.7. The van der Waals surface area contributed by atoms with Crippen LogP contribution in [0.2, 0.25) is 0 Å². The minimum Gasteiger partial charge on any atom is -0.481 e. The molecule has 0 aromatic carbocycles. The van der Waals surface area contributed by atoms with Crippen LogP contribution in [-0.2, 0) is 4.79 Å². The van der Waals surface area contributed by atoms with E-state index in [-0.39, 0.29) is 0 Å². The zero-order chi connectivity index (χ0) is 8.48. The SMILES string of the molecule is CC1(C(=O)O)CCN(N)CC1. The van der Waals surface area contributed by atoms with Crippen LogP contribution in [0.25, 0.3) is 0 Å². The largest absolute Gasteiger partial charge is 0.481 e. The van der Waals surface area contributed by atoms with E-state index >= 15 is 0 Å². The van der Waals surface area contributed by atoms with Gasteiger partial charge in [-0.25, -0.2) is 5.01 Å². The van der Waals surface area contributed by atoms with Gasteiger partial charge < -0.3 is 5.11 Å². The van der Waals surface area contributed by atoms with Crippen molar-refractivity contribution in [2.24, 2.45) is 11.3 Å². The van der Waals surface area contributed by atoms with Crippen molar-refractivity contribution in [3.63, 3.8) is 0 Å². The van der Waals surface area contributed by atoms with Gasteiger partial charge in [-0.05, 0) is 19.8 Å². The summed E-state index contributed by atoms with van der Waals surface area (Å²) < 4.78 is 0. The third-order valence-corrected chi connectivity index (χ3v) is 2.42. The zero-order valence-electron chi connectivity index (χ0n) is 6.71. The molecule has 0 amide bonds. The molecule has 0 radical (unpaired) electrons. The molecule has 4 nitrogen and oxygen atoms in total. The van der Waals surface area contributed by atoms with Crippen molar-refractivity contribution < 1.29 is 9.90 Å². The van der Waals surface area contributed by atoms with Crippen LogP contribution in [0, 0.1) is 5.41 Å². The van der Waals surface area contributed by atoms with Gasteiger partial charge in [0.25, 0.3) is 0 Å². The molecule has 64 valence electrons. The molecule has 11 heavy (non-hydrogen) atoms. The molecule has 0 aliphatic carbocycles. The number of rotatable bonds is 1. The molecule has 3 N–H and O–H groups in total. The number of hydrogen-bond donors (Lipinski definition) is 2. The van der Waals surface area contributed by atoms with Crippen LogP contribution >= 0.6 is 0 Å². The second-order valence-corrected chi connectivity index (χ2v) is 3.40. The minimum atomic E-state index is -0.703. The summed E-state index contributed by atoms with van der Waals surface area (Å²) in [5.74, 6) is 4.79. The first-order valence-electron chi connectivity index (χ1n) is 3.78. The first-order valence-corrected chi connectivity index (χ1v) is 3.78. The number of hydrazine groups is 1. The van der Waals surface area contributed by atoms with Gasteiger partial charge in [-0.1, -0.05) is 0 Å². The number of nitrogens with two attached hydrogens (primary N) is 1. The van der Waals surface area contributed by atoms with Crippen molar-refractivity contribution >= 4 is 5.97 Å². The maximum absolute atomic E-state index is 10.7. The Kier molecular flexibility index (Phi) is 2.15. The molecule has 0 atom stereocenters. The molecular formula is C7H14N2O2. The zero-order valence-corrected chi connectivity index (χ0v) is 6.71. The van der Waals surface area contributed by atoms with Gasteiger partial charge in [0, 0.05) is 13.1 Å². The van der Waals surface area contributed by atoms with Crippen molar-refractivity contribution in [3.05, 3.63) is 0 Å². The summed E-state index contributed by atoms with van der Waals surface area (Å²) in [6, 6.07) is 0. The van der Waals surface area contributed by atoms with Crippen LogP contribution in [0.5, 0.6) is 0 Å². The predicted octanol–water partition coefficient (Wildman–Crippen LogP) is 0.0468. The number of nitrogens with zero attached hydrogens (tertiary/aromatic N) is 1. The third kappa shape index (κ3) is 1.70. The highest BCUT2D eigenvalue weighted by Crippen LogP contribution is 2.29. The quantitative estimate of drug-likeness (QED) is 0.529. The molecule has 0 unspecified atom stereocenters. The maximum Gasteiger partial charge on any atom is 0.309 e. The van der Waals surface area contributed by atoms with Crippen molar-refractivity contribution in [2.45, 2.75) is 19.8 Å². The summed E-state index contributed by atoms with van der Waals surface area (Å²) in [6.45, 7) is 3.15. The number of aliphatic carboxylic acids is 1. The predicted molar refractivity (Wildman–Crippen MR) is 40.7 cm³/mol. The van der Waals surface area contributed by atoms with Crippen LogP contribution < -0.4 is 5.84 Å². The molecule has 1 rings (SSSR count). The Morgan fingerprint density at radius 3 is 2.36 bits per heavy atom. The first kappa shape index (κ1) is 8.49. The topological polar surface area (TPSA) is 66.6 Å². The van der Waals surface area contributed by atoms with E-state index in [4.69, 9.17) is 10.9 Å². The summed E-state index contributed by atoms with van der Waals surface area (Å²) in [5.41, 5.74) is -0.546. The van der Waals surface area contributed by atoms with Gasteiger partial charge in [0.15, 0.2) is 0 Å². The molecule has 0 bridgehead atoms. The monoisotopic (exact) mass is 158 g/mol.